The van der Waals surface area contributed by atoms with E-state index in [9.17, 15) is 18.8 Å². The van der Waals surface area contributed by atoms with Crippen LogP contribution in [0.25, 0.3) is 0 Å². The summed E-state index contributed by atoms with van der Waals surface area (Å²) in [6.45, 7) is 1.81. The number of nitrogens with zero attached hydrogens (tertiary/aromatic N) is 2. The summed E-state index contributed by atoms with van der Waals surface area (Å²) in [5.41, 5.74) is 2.69. The maximum atomic E-state index is 13.4. The normalized spacial score (nSPS) is 15.2. The summed E-state index contributed by atoms with van der Waals surface area (Å²) >= 11 is 5.67. The van der Waals surface area contributed by atoms with E-state index in [1.807, 2.05) is 18.2 Å². The van der Waals surface area contributed by atoms with E-state index < -0.39 is 6.04 Å². The predicted octanol–water partition coefficient (Wildman–Crippen LogP) is 4.36. The Morgan fingerprint density at radius 2 is 1.53 bits per heavy atom. The lowest BCUT2D eigenvalue weighted by atomic mass is 10.1. The Bertz CT molecular complexity index is 1270. The molecule has 36 heavy (non-hydrogen) atoms. The van der Waals surface area contributed by atoms with Crippen LogP contribution < -0.4 is 15.5 Å². The van der Waals surface area contributed by atoms with Gasteiger partial charge in [0.15, 0.2) is 5.11 Å². The molecule has 0 bridgehead atoms. The van der Waals surface area contributed by atoms with E-state index in [1.165, 1.54) is 24.0 Å². The number of anilines is 3. The Hall–Kier alpha value is -4.11. The van der Waals surface area contributed by atoms with E-state index in [1.54, 1.807) is 53.4 Å². The van der Waals surface area contributed by atoms with Crippen molar-refractivity contribution >= 4 is 52.1 Å². The Balaban J connectivity index is 1.50. The number of carbonyl (C=O) groups excluding carboxylic acids is 3. The number of para-hydroxylation sites is 1. The Morgan fingerprint density at radius 3 is 2.14 bits per heavy atom. The molecule has 0 aliphatic carbocycles. The largest absolute Gasteiger partial charge is 0.336 e. The van der Waals surface area contributed by atoms with Gasteiger partial charge in [0.1, 0.15) is 11.9 Å². The highest BCUT2D eigenvalue weighted by atomic mass is 32.1. The van der Waals surface area contributed by atoms with Crippen LogP contribution in [0.4, 0.5) is 21.5 Å². The van der Waals surface area contributed by atoms with Crippen LogP contribution in [-0.4, -0.2) is 40.3 Å². The molecule has 3 aromatic carbocycles. The number of carbonyl (C=O) groups is 3. The summed E-state index contributed by atoms with van der Waals surface area (Å²) in [6, 6.07) is 21.2. The molecule has 184 valence electrons. The number of amides is 3. The number of thiocarbonyl (C=S) groups is 1. The van der Waals surface area contributed by atoms with Gasteiger partial charge in [0.2, 0.25) is 11.8 Å². The molecule has 1 aliphatic rings. The topological polar surface area (TPSA) is 81.8 Å². The number of benzene rings is 3. The van der Waals surface area contributed by atoms with E-state index in [-0.39, 0.29) is 30.0 Å². The summed E-state index contributed by atoms with van der Waals surface area (Å²) in [5.74, 6) is -1.13. The minimum Gasteiger partial charge on any atom is -0.336 e. The van der Waals surface area contributed by atoms with Crippen molar-refractivity contribution in [3.63, 3.8) is 0 Å². The molecule has 7 nitrogen and oxygen atoms in total. The van der Waals surface area contributed by atoms with Crippen LogP contribution in [0.3, 0.4) is 0 Å². The van der Waals surface area contributed by atoms with Gasteiger partial charge in [-0.15, -0.1) is 0 Å². The minimum atomic E-state index is -0.781. The molecule has 1 aliphatic heterocycles. The van der Waals surface area contributed by atoms with Crippen molar-refractivity contribution in [2.75, 3.05) is 22.1 Å². The summed E-state index contributed by atoms with van der Waals surface area (Å²) in [5, 5.41) is 5.80. The molecule has 0 aromatic heterocycles. The molecular weight excluding hydrogens is 479 g/mol. The number of rotatable bonds is 8. The van der Waals surface area contributed by atoms with Crippen LogP contribution in [0, 0.1) is 5.82 Å². The van der Waals surface area contributed by atoms with Gasteiger partial charge in [-0.25, -0.2) is 4.39 Å². The van der Waals surface area contributed by atoms with E-state index in [2.05, 4.69) is 10.6 Å². The van der Waals surface area contributed by atoms with E-state index in [4.69, 9.17) is 12.2 Å². The van der Waals surface area contributed by atoms with Gasteiger partial charge in [-0.1, -0.05) is 30.3 Å². The van der Waals surface area contributed by atoms with Crippen molar-refractivity contribution in [2.24, 2.45) is 0 Å². The number of nitrogens with one attached hydrogen (secondary N) is 2. The molecule has 0 radical (unpaired) electrons. The van der Waals surface area contributed by atoms with Gasteiger partial charge in [0.25, 0.3) is 5.91 Å². The highest BCUT2D eigenvalue weighted by Gasteiger charge is 2.43. The minimum absolute atomic E-state index is 0.0980. The second-order valence-corrected chi connectivity index (χ2v) is 8.75. The Morgan fingerprint density at radius 1 is 0.917 bits per heavy atom. The first-order chi connectivity index (χ1) is 17.3. The highest BCUT2D eigenvalue weighted by Crippen LogP contribution is 2.27. The van der Waals surface area contributed by atoms with Crippen LogP contribution >= 0.6 is 12.2 Å². The monoisotopic (exact) mass is 504 g/mol. The zero-order valence-electron chi connectivity index (χ0n) is 19.6. The van der Waals surface area contributed by atoms with Gasteiger partial charge in [-0.2, -0.15) is 0 Å². The SMILES string of the molecule is CC(=O)Nc1ccc(NC(=O)CC2C(=O)N(c3ccccc3)C(=S)N2CCc2ccc(F)cc2)cc1. The van der Waals surface area contributed by atoms with Gasteiger partial charge in [0.05, 0.1) is 12.1 Å². The van der Waals surface area contributed by atoms with E-state index in [0.717, 1.165) is 5.56 Å². The first-order valence-electron chi connectivity index (χ1n) is 11.4. The zero-order valence-corrected chi connectivity index (χ0v) is 20.4. The van der Waals surface area contributed by atoms with E-state index in [0.29, 0.717) is 35.1 Å². The molecule has 3 aromatic rings. The second kappa shape index (κ2) is 11.1. The van der Waals surface area contributed by atoms with Crippen molar-refractivity contribution in [2.45, 2.75) is 25.8 Å². The van der Waals surface area contributed by atoms with Gasteiger partial charge < -0.3 is 15.5 Å². The first-order valence-corrected chi connectivity index (χ1v) is 11.8. The quantitative estimate of drug-likeness (QED) is 0.446. The molecule has 1 heterocycles. The van der Waals surface area contributed by atoms with Crippen LogP contribution in [0.15, 0.2) is 78.9 Å². The zero-order chi connectivity index (χ0) is 25.7. The van der Waals surface area contributed by atoms with Gasteiger partial charge in [-0.3, -0.25) is 19.3 Å². The molecule has 1 fully saturated rings. The van der Waals surface area contributed by atoms with Crippen molar-refractivity contribution < 1.29 is 18.8 Å². The summed E-state index contributed by atoms with van der Waals surface area (Å²) in [7, 11) is 0. The fraction of sp³-hybridized carbons (Fsp3) is 0.185. The predicted molar refractivity (Wildman–Crippen MR) is 141 cm³/mol. The first kappa shape index (κ1) is 25.0. The molecule has 0 saturated carbocycles. The lowest BCUT2D eigenvalue weighted by Crippen LogP contribution is -2.39. The smallest absolute Gasteiger partial charge is 0.256 e. The molecule has 1 saturated heterocycles. The van der Waals surface area contributed by atoms with Gasteiger partial charge in [-0.05, 0) is 72.7 Å². The third-order valence-corrected chi connectivity index (χ3v) is 6.17. The van der Waals surface area contributed by atoms with E-state index >= 15 is 0 Å². The molecule has 0 spiro atoms. The molecule has 2 N–H and O–H groups in total. The van der Waals surface area contributed by atoms with Crippen LogP contribution in [0.1, 0.15) is 18.9 Å². The molecule has 1 atom stereocenters. The van der Waals surface area contributed by atoms with Gasteiger partial charge >= 0.3 is 0 Å². The van der Waals surface area contributed by atoms with Crippen LogP contribution in [0.2, 0.25) is 0 Å². The molecule has 1 unspecified atom stereocenters. The molecular formula is C27H25FN4O3S. The maximum absolute atomic E-state index is 13.4. The summed E-state index contributed by atoms with van der Waals surface area (Å²) in [4.78, 5) is 40.8. The summed E-state index contributed by atoms with van der Waals surface area (Å²) in [6.07, 6.45) is 0.429. The number of halogens is 1. The standard InChI is InChI=1S/C27H25FN4O3S/c1-18(33)29-21-11-13-22(14-12-21)30-25(34)17-24-26(35)32(23-5-3-2-4-6-23)27(36)31(24)16-15-19-7-9-20(28)10-8-19/h2-14,24H,15-17H2,1H3,(H,29,33)(H,30,34). The molecule has 3 amide bonds. The summed E-state index contributed by atoms with van der Waals surface area (Å²) < 4.78 is 13.3. The average molecular weight is 505 g/mol. The third-order valence-electron chi connectivity index (χ3n) is 5.76. The van der Waals surface area contributed by atoms with Crippen molar-refractivity contribution in [1.29, 1.82) is 0 Å². The fourth-order valence-corrected chi connectivity index (χ4v) is 4.44. The van der Waals surface area contributed by atoms with Crippen molar-refractivity contribution in [1.82, 2.24) is 4.90 Å². The van der Waals surface area contributed by atoms with Crippen molar-refractivity contribution in [3.05, 3.63) is 90.2 Å². The molecule has 9 heteroatoms. The lowest BCUT2D eigenvalue weighted by molar-refractivity contribution is -0.124. The second-order valence-electron chi connectivity index (χ2n) is 8.39. The van der Waals surface area contributed by atoms with Gasteiger partial charge in [0, 0.05) is 24.8 Å². The third kappa shape index (κ3) is 5.92. The van der Waals surface area contributed by atoms with Crippen molar-refractivity contribution in [3.8, 4) is 0 Å². The number of hydrogen-bond acceptors (Lipinski definition) is 4. The van der Waals surface area contributed by atoms with Crippen LogP contribution in [0.5, 0.6) is 0 Å². The number of hydrogen-bond donors (Lipinski definition) is 2. The lowest BCUT2D eigenvalue weighted by Gasteiger charge is -2.24. The highest BCUT2D eigenvalue weighted by molar-refractivity contribution is 7.80. The average Bonchev–Trinajstić information content (AvgIpc) is 3.08. The van der Waals surface area contributed by atoms with Crippen LogP contribution in [-0.2, 0) is 20.8 Å². The Kier molecular flexibility index (Phi) is 7.70. The fourth-order valence-electron chi connectivity index (χ4n) is 4.03. The Labute approximate surface area is 213 Å². The maximum Gasteiger partial charge on any atom is 0.256 e. The molecule has 4 rings (SSSR count).